The first kappa shape index (κ1) is 14.5. The lowest BCUT2D eigenvalue weighted by Crippen LogP contribution is -2.28. The third kappa shape index (κ3) is 2.40. The van der Waals surface area contributed by atoms with Gasteiger partial charge in [-0.05, 0) is 38.1 Å². The smallest absolute Gasteiger partial charge is 0.286 e. The van der Waals surface area contributed by atoms with E-state index in [-0.39, 0.29) is 4.90 Å². The fourth-order valence-electron chi connectivity index (χ4n) is 2.06. The summed E-state index contributed by atoms with van der Waals surface area (Å²) in [4.78, 5) is 2.13. The molecular weight excluding hydrogens is 276 g/mol. The predicted octanol–water partition coefficient (Wildman–Crippen LogP) is 1.67. The van der Waals surface area contributed by atoms with Gasteiger partial charge in [0.15, 0.2) is 5.82 Å². The van der Waals surface area contributed by atoms with Gasteiger partial charge in [-0.1, -0.05) is 18.2 Å². The van der Waals surface area contributed by atoms with E-state index in [1.807, 2.05) is 18.7 Å². The summed E-state index contributed by atoms with van der Waals surface area (Å²) in [5.41, 5.74) is 0.605. The van der Waals surface area contributed by atoms with Gasteiger partial charge in [0.1, 0.15) is 5.69 Å². The highest BCUT2D eigenvalue weighted by atomic mass is 32.2. The molecule has 0 N–H and O–H groups in total. The second-order valence-corrected chi connectivity index (χ2v) is 6.10. The molecule has 0 aliphatic rings. The standard InChI is InChI=1S/C13H18N4O2S/c1-4-16(5-2)13-11(3)14-15-17(13)20(18,19)12-9-7-6-8-10-12/h6-10H,4-5H2,1-3H3. The van der Waals surface area contributed by atoms with E-state index in [2.05, 4.69) is 10.3 Å². The van der Waals surface area contributed by atoms with Gasteiger partial charge >= 0.3 is 0 Å². The van der Waals surface area contributed by atoms with Gasteiger partial charge in [-0.2, -0.15) is 8.42 Å². The number of rotatable bonds is 5. The molecule has 0 bridgehead atoms. The number of aryl methyl sites for hydroxylation is 1. The van der Waals surface area contributed by atoms with Gasteiger partial charge in [-0.15, -0.1) is 9.19 Å². The average Bonchev–Trinajstić information content (AvgIpc) is 2.84. The van der Waals surface area contributed by atoms with E-state index in [1.165, 1.54) is 0 Å². The summed E-state index contributed by atoms with van der Waals surface area (Å²) in [6.45, 7) is 7.08. The molecule has 0 fully saturated rings. The van der Waals surface area contributed by atoms with Crippen molar-refractivity contribution in [3.8, 4) is 0 Å². The van der Waals surface area contributed by atoms with Crippen molar-refractivity contribution in [3.63, 3.8) is 0 Å². The summed E-state index contributed by atoms with van der Waals surface area (Å²) in [6.07, 6.45) is 0. The van der Waals surface area contributed by atoms with Crippen molar-refractivity contribution >= 4 is 15.8 Å². The molecule has 2 rings (SSSR count). The van der Waals surface area contributed by atoms with Gasteiger partial charge < -0.3 is 4.90 Å². The van der Waals surface area contributed by atoms with E-state index in [9.17, 15) is 8.42 Å². The molecule has 0 radical (unpaired) electrons. The molecule has 0 amide bonds. The van der Waals surface area contributed by atoms with Crippen LogP contribution in [-0.4, -0.2) is 35.9 Å². The molecule has 6 nitrogen and oxygen atoms in total. The Morgan fingerprint density at radius 2 is 1.75 bits per heavy atom. The Labute approximate surface area is 119 Å². The van der Waals surface area contributed by atoms with Crippen LogP contribution in [0.1, 0.15) is 19.5 Å². The molecule has 0 spiro atoms. The molecule has 108 valence electrons. The molecule has 0 aliphatic heterocycles. The first-order valence-corrected chi connectivity index (χ1v) is 7.94. The minimum Gasteiger partial charge on any atom is -0.355 e. The quantitative estimate of drug-likeness (QED) is 0.839. The molecular formula is C13H18N4O2S. The Balaban J connectivity index is 2.60. The van der Waals surface area contributed by atoms with Crippen molar-refractivity contribution < 1.29 is 8.42 Å². The van der Waals surface area contributed by atoms with Crippen LogP contribution in [0.3, 0.4) is 0 Å². The fourth-order valence-corrected chi connectivity index (χ4v) is 3.37. The van der Waals surface area contributed by atoms with E-state index in [0.29, 0.717) is 24.6 Å². The first-order chi connectivity index (χ1) is 9.52. The molecule has 0 atom stereocenters. The van der Waals surface area contributed by atoms with E-state index in [4.69, 9.17) is 0 Å². The van der Waals surface area contributed by atoms with Gasteiger partial charge in [0.05, 0.1) is 4.90 Å². The molecule has 20 heavy (non-hydrogen) atoms. The Morgan fingerprint density at radius 3 is 2.30 bits per heavy atom. The van der Waals surface area contributed by atoms with Gasteiger partial charge in [0.25, 0.3) is 10.0 Å². The van der Waals surface area contributed by atoms with Crippen molar-refractivity contribution in [2.75, 3.05) is 18.0 Å². The topological polar surface area (TPSA) is 68.1 Å². The molecule has 2 aromatic rings. The van der Waals surface area contributed by atoms with E-state index in [0.717, 1.165) is 4.09 Å². The highest BCUT2D eigenvalue weighted by Crippen LogP contribution is 2.23. The van der Waals surface area contributed by atoms with Crippen molar-refractivity contribution in [1.29, 1.82) is 0 Å². The largest absolute Gasteiger partial charge is 0.355 e. The van der Waals surface area contributed by atoms with Gasteiger partial charge in [0, 0.05) is 13.1 Å². The summed E-state index contributed by atoms with van der Waals surface area (Å²) in [7, 11) is -3.71. The van der Waals surface area contributed by atoms with Crippen LogP contribution >= 0.6 is 0 Å². The summed E-state index contributed by atoms with van der Waals surface area (Å²) in [6, 6.07) is 8.26. The molecule has 0 aliphatic carbocycles. The van der Waals surface area contributed by atoms with Crippen LogP contribution in [0, 0.1) is 6.92 Å². The maximum absolute atomic E-state index is 12.6. The van der Waals surface area contributed by atoms with E-state index in [1.54, 1.807) is 37.3 Å². The van der Waals surface area contributed by atoms with E-state index >= 15 is 0 Å². The van der Waals surface area contributed by atoms with Crippen LogP contribution in [0.2, 0.25) is 0 Å². The number of hydrogen-bond donors (Lipinski definition) is 0. The van der Waals surface area contributed by atoms with Gasteiger partial charge in [0.2, 0.25) is 0 Å². The zero-order chi connectivity index (χ0) is 14.8. The molecule has 1 aromatic carbocycles. The van der Waals surface area contributed by atoms with Crippen molar-refractivity contribution in [1.82, 2.24) is 14.4 Å². The molecule has 0 saturated heterocycles. The molecule has 7 heteroatoms. The molecule has 1 aromatic heterocycles. The lowest BCUT2D eigenvalue weighted by Gasteiger charge is -2.21. The van der Waals surface area contributed by atoms with Gasteiger partial charge in [-0.3, -0.25) is 0 Å². The second-order valence-electron chi connectivity index (χ2n) is 4.33. The minimum absolute atomic E-state index is 0.207. The predicted molar refractivity (Wildman–Crippen MR) is 77.3 cm³/mol. The number of nitrogens with zero attached hydrogens (tertiary/aromatic N) is 4. The van der Waals surface area contributed by atoms with Crippen LogP contribution in [0.15, 0.2) is 35.2 Å². The second kappa shape index (κ2) is 5.62. The van der Waals surface area contributed by atoms with Crippen molar-refractivity contribution in [3.05, 3.63) is 36.0 Å². The summed E-state index contributed by atoms with van der Waals surface area (Å²) in [5.74, 6) is 0.527. The number of hydrogen-bond acceptors (Lipinski definition) is 5. The maximum Gasteiger partial charge on any atom is 0.286 e. The van der Waals surface area contributed by atoms with Crippen LogP contribution < -0.4 is 4.90 Å². The third-order valence-electron chi connectivity index (χ3n) is 3.11. The molecule has 1 heterocycles. The van der Waals surface area contributed by atoms with Crippen LogP contribution in [0.5, 0.6) is 0 Å². The van der Waals surface area contributed by atoms with E-state index < -0.39 is 10.0 Å². The highest BCUT2D eigenvalue weighted by molar-refractivity contribution is 7.90. The number of benzene rings is 1. The normalized spacial score (nSPS) is 11.6. The summed E-state index contributed by atoms with van der Waals surface area (Å²) >= 11 is 0. The summed E-state index contributed by atoms with van der Waals surface area (Å²) < 4.78 is 26.3. The van der Waals surface area contributed by atoms with Crippen LogP contribution in [-0.2, 0) is 10.0 Å². The lowest BCUT2D eigenvalue weighted by molar-refractivity contribution is 0.576. The molecule has 0 saturated carbocycles. The first-order valence-electron chi connectivity index (χ1n) is 6.50. The SMILES string of the molecule is CCN(CC)c1c(C)nnn1S(=O)(=O)c1ccccc1. The number of anilines is 1. The Bertz CT molecular complexity index is 676. The van der Waals surface area contributed by atoms with Crippen LogP contribution in [0.25, 0.3) is 0 Å². The monoisotopic (exact) mass is 294 g/mol. The lowest BCUT2D eigenvalue weighted by atomic mass is 10.4. The minimum atomic E-state index is -3.71. The Hall–Kier alpha value is -1.89. The Morgan fingerprint density at radius 1 is 1.15 bits per heavy atom. The highest BCUT2D eigenvalue weighted by Gasteiger charge is 2.25. The zero-order valence-electron chi connectivity index (χ0n) is 11.8. The van der Waals surface area contributed by atoms with Crippen molar-refractivity contribution in [2.45, 2.75) is 25.7 Å². The molecule has 0 unspecified atom stereocenters. The number of aromatic nitrogens is 3. The van der Waals surface area contributed by atoms with Crippen molar-refractivity contribution in [2.24, 2.45) is 0 Å². The summed E-state index contributed by atoms with van der Waals surface area (Å²) in [5, 5.41) is 7.73. The third-order valence-corrected chi connectivity index (χ3v) is 4.68. The van der Waals surface area contributed by atoms with Crippen LogP contribution in [0.4, 0.5) is 5.82 Å². The fraction of sp³-hybridized carbons (Fsp3) is 0.385. The maximum atomic E-state index is 12.6. The van der Waals surface area contributed by atoms with Gasteiger partial charge in [-0.25, -0.2) is 0 Å². The zero-order valence-corrected chi connectivity index (χ0v) is 12.6. The Kier molecular flexibility index (Phi) is 4.08. The average molecular weight is 294 g/mol.